The summed E-state index contributed by atoms with van der Waals surface area (Å²) in [6.07, 6.45) is 0. The average Bonchev–Trinajstić information content (AvgIpc) is 1.82. The second kappa shape index (κ2) is 5.08. The fraction of sp³-hybridized carbons (Fsp3) is 0. The van der Waals surface area contributed by atoms with Crippen LogP contribution in [0.5, 0.6) is 0 Å². The van der Waals surface area contributed by atoms with Crippen molar-refractivity contribution in [3.05, 3.63) is 5.15 Å². The van der Waals surface area contributed by atoms with Crippen molar-refractivity contribution < 1.29 is 0 Å². The summed E-state index contributed by atoms with van der Waals surface area (Å²) >= 11 is 5.48. The lowest BCUT2D eigenvalue weighted by molar-refractivity contribution is 1.20. The van der Waals surface area contributed by atoms with Crippen molar-refractivity contribution in [3.63, 3.8) is 0 Å². The van der Waals surface area contributed by atoms with Gasteiger partial charge < -0.3 is 17.2 Å². The van der Waals surface area contributed by atoms with Crippen molar-refractivity contribution in [1.29, 1.82) is 0 Å². The second-order valence-corrected chi connectivity index (χ2v) is 2.03. The molecule has 0 saturated heterocycles. The fourth-order valence-corrected chi connectivity index (χ4v) is 0.659. The molecule has 0 aliphatic rings. The molecule has 1 aromatic rings. The molecule has 1 heterocycles. The van der Waals surface area contributed by atoms with E-state index in [-0.39, 0.29) is 47.4 Å². The van der Waals surface area contributed by atoms with Gasteiger partial charge in [0.2, 0.25) is 5.95 Å². The molecule has 6 N–H and O–H groups in total. The van der Waals surface area contributed by atoms with Crippen LogP contribution >= 0.6 is 36.4 Å². The average molecular weight is 233 g/mol. The molecule has 1 rings (SSSR count). The van der Waals surface area contributed by atoms with Crippen LogP contribution in [-0.4, -0.2) is 9.97 Å². The number of rotatable bonds is 0. The summed E-state index contributed by atoms with van der Waals surface area (Å²) in [5.74, 6) is 0.134. The summed E-state index contributed by atoms with van der Waals surface area (Å²) in [5.41, 5.74) is 15.9. The number of nitrogens with zero attached hydrogens (tertiary/aromatic N) is 2. The van der Waals surface area contributed by atoms with Crippen LogP contribution < -0.4 is 17.2 Å². The Bertz CT molecular complexity index is 242. The smallest absolute Gasteiger partial charge is 0.223 e. The van der Waals surface area contributed by atoms with E-state index in [4.69, 9.17) is 28.8 Å². The van der Waals surface area contributed by atoms with Crippen molar-refractivity contribution in [1.82, 2.24) is 9.97 Å². The minimum absolute atomic E-state index is 0. The topological polar surface area (TPSA) is 104 Å². The summed E-state index contributed by atoms with van der Waals surface area (Å²) in [5, 5.41) is 0.0880. The van der Waals surface area contributed by atoms with Gasteiger partial charge in [-0.2, -0.15) is 9.97 Å². The maximum absolute atomic E-state index is 5.48. The third-order valence-corrected chi connectivity index (χ3v) is 1.23. The van der Waals surface area contributed by atoms with Crippen molar-refractivity contribution in [2.24, 2.45) is 0 Å². The highest BCUT2D eigenvalue weighted by Crippen LogP contribution is 2.20. The molecule has 12 heavy (non-hydrogen) atoms. The van der Waals surface area contributed by atoms with Gasteiger partial charge in [-0.1, -0.05) is 11.6 Å². The molecule has 0 unspecified atom stereocenters. The number of halogens is 3. The lowest BCUT2D eigenvalue weighted by atomic mass is 10.5. The van der Waals surface area contributed by atoms with E-state index in [1.165, 1.54) is 0 Å². The highest BCUT2D eigenvalue weighted by atomic mass is 35.5. The molecule has 1 aromatic heterocycles. The van der Waals surface area contributed by atoms with E-state index in [1.807, 2.05) is 0 Å². The van der Waals surface area contributed by atoms with Gasteiger partial charge in [-0.15, -0.1) is 24.8 Å². The Hall–Kier alpha value is -0.650. The highest BCUT2D eigenvalue weighted by Gasteiger charge is 2.03. The van der Waals surface area contributed by atoms with Crippen molar-refractivity contribution >= 4 is 53.9 Å². The zero-order valence-electron chi connectivity index (χ0n) is 5.82. The summed E-state index contributed by atoms with van der Waals surface area (Å²) in [6, 6.07) is 0. The van der Waals surface area contributed by atoms with Crippen LogP contribution in [0.1, 0.15) is 0 Å². The first-order valence-corrected chi connectivity index (χ1v) is 2.83. The van der Waals surface area contributed by atoms with Crippen LogP contribution in [0, 0.1) is 0 Å². The number of hydrogen-bond acceptors (Lipinski definition) is 5. The first kappa shape index (κ1) is 13.9. The van der Waals surface area contributed by atoms with Gasteiger partial charge in [0.1, 0.15) is 5.69 Å². The summed E-state index contributed by atoms with van der Waals surface area (Å²) < 4.78 is 0. The lowest BCUT2D eigenvalue weighted by Crippen LogP contribution is -2.04. The fourth-order valence-electron chi connectivity index (χ4n) is 0.475. The lowest BCUT2D eigenvalue weighted by Gasteiger charge is -2.00. The molecule has 0 saturated carbocycles. The second-order valence-electron chi connectivity index (χ2n) is 1.67. The predicted octanol–water partition coefficient (Wildman–Crippen LogP) is 0.720. The molecule has 0 amide bonds. The van der Waals surface area contributed by atoms with Gasteiger partial charge in [0.15, 0.2) is 11.0 Å². The Labute approximate surface area is 86.5 Å². The maximum Gasteiger partial charge on any atom is 0.223 e. The number of nitrogens with two attached hydrogens (primary N) is 3. The zero-order chi connectivity index (χ0) is 7.72. The van der Waals surface area contributed by atoms with E-state index in [0.717, 1.165) is 0 Å². The standard InChI is InChI=1S/C4H6ClN5.2ClH/c5-2-1(6)3(7)10-4(8)9-2;;/h6H2,(H4,7,8,9,10);2*1H. The van der Waals surface area contributed by atoms with Crippen LogP contribution in [-0.2, 0) is 0 Å². The van der Waals surface area contributed by atoms with E-state index < -0.39 is 0 Å². The van der Waals surface area contributed by atoms with Gasteiger partial charge in [-0.25, -0.2) is 0 Å². The van der Waals surface area contributed by atoms with Crippen molar-refractivity contribution in [3.8, 4) is 0 Å². The quantitative estimate of drug-likeness (QED) is 0.572. The summed E-state index contributed by atoms with van der Waals surface area (Å²) in [4.78, 5) is 7.13. The molecule has 0 spiro atoms. The third-order valence-electron chi connectivity index (χ3n) is 0.946. The van der Waals surface area contributed by atoms with Gasteiger partial charge in [-0.3, -0.25) is 0 Å². The van der Waals surface area contributed by atoms with Gasteiger partial charge in [0, 0.05) is 0 Å². The molecule has 70 valence electrons. The Morgan fingerprint density at radius 3 is 1.92 bits per heavy atom. The summed E-state index contributed by atoms with van der Waals surface area (Å²) in [7, 11) is 0. The Morgan fingerprint density at radius 2 is 1.50 bits per heavy atom. The molecule has 0 aromatic carbocycles. The van der Waals surface area contributed by atoms with Gasteiger partial charge in [0.25, 0.3) is 0 Å². The Kier molecular flexibility index (Phi) is 5.88. The SMILES string of the molecule is Cl.Cl.Nc1nc(N)c(N)c(Cl)n1. The largest absolute Gasteiger partial charge is 0.393 e. The molecular weight excluding hydrogens is 224 g/mol. The minimum atomic E-state index is 0. The first-order chi connectivity index (χ1) is 4.61. The van der Waals surface area contributed by atoms with Crippen LogP contribution in [0.3, 0.4) is 0 Å². The van der Waals surface area contributed by atoms with Crippen LogP contribution in [0.25, 0.3) is 0 Å². The number of anilines is 3. The predicted molar refractivity (Wildman–Crippen MR) is 54.8 cm³/mol. The molecule has 5 nitrogen and oxygen atoms in total. The Balaban J connectivity index is 0. The van der Waals surface area contributed by atoms with Gasteiger partial charge in [0.05, 0.1) is 0 Å². The highest BCUT2D eigenvalue weighted by molar-refractivity contribution is 6.32. The van der Waals surface area contributed by atoms with Gasteiger partial charge >= 0.3 is 0 Å². The normalized spacial score (nSPS) is 8.08. The van der Waals surface area contributed by atoms with Crippen molar-refractivity contribution in [2.75, 3.05) is 17.2 Å². The van der Waals surface area contributed by atoms with Gasteiger partial charge in [-0.05, 0) is 0 Å². The molecule has 0 radical (unpaired) electrons. The first-order valence-electron chi connectivity index (χ1n) is 2.45. The molecule has 0 aliphatic heterocycles. The van der Waals surface area contributed by atoms with E-state index in [1.54, 1.807) is 0 Å². The Morgan fingerprint density at radius 1 is 1.00 bits per heavy atom. The number of nitrogen functional groups attached to an aromatic ring is 3. The molecule has 0 fully saturated rings. The molecular formula is C4H8Cl3N5. The number of aromatic nitrogens is 2. The van der Waals surface area contributed by atoms with E-state index in [2.05, 4.69) is 9.97 Å². The summed E-state index contributed by atoms with van der Waals surface area (Å²) in [6.45, 7) is 0. The maximum atomic E-state index is 5.48. The number of hydrogen-bond donors (Lipinski definition) is 3. The monoisotopic (exact) mass is 231 g/mol. The molecule has 0 bridgehead atoms. The molecule has 0 atom stereocenters. The van der Waals surface area contributed by atoms with Crippen LogP contribution in [0.2, 0.25) is 5.15 Å². The minimum Gasteiger partial charge on any atom is -0.393 e. The van der Waals surface area contributed by atoms with Crippen molar-refractivity contribution in [2.45, 2.75) is 0 Å². The van der Waals surface area contributed by atoms with E-state index >= 15 is 0 Å². The third kappa shape index (κ3) is 2.77. The van der Waals surface area contributed by atoms with Crippen LogP contribution in [0.15, 0.2) is 0 Å². The van der Waals surface area contributed by atoms with E-state index in [0.29, 0.717) is 0 Å². The molecule has 0 aliphatic carbocycles. The van der Waals surface area contributed by atoms with E-state index in [9.17, 15) is 0 Å². The zero-order valence-corrected chi connectivity index (χ0v) is 8.21. The van der Waals surface area contributed by atoms with Crippen LogP contribution in [0.4, 0.5) is 17.5 Å². The molecule has 8 heteroatoms.